The van der Waals surface area contributed by atoms with Gasteiger partial charge in [0.05, 0.1) is 11.8 Å². The predicted molar refractivity (Wildman–Crippen MR) is 73.6 cm³/mol. The number of rotatable bonds is 4. The molecule has 0 saturated carbocycles. The molecule has 6 nitrogen and oxygen atoms in total. The number of hydrogen-bond donors (Lipinski definition) is 1. The maximum absolute atomic E-state index is 12.0. The van der Waals surface area contributed by atoms with Gasteiger partial charge in [-0.2, -0.15) is 0 Å². The molecule has 114 valence electrons. The lowest BCUT2D eigenvalue weighted by Crippen LogP contribution is -2.38. The molecule has 0 aromatic rings. The van der Waals surface area contributed by atoms with Gasteiger partial charge in [-0.25, -0.2) is 0 Å². The first kappa shape index (κ1) is 16.5. The summed E-state index contributed by atoms with van der Waals surface area (Å²) in [5, 5.41) is 0. The van der Waals surface area contributed by atoms with Gasteiger partial charge in [0.15, 0.2) is 0 Å². The van der Waals surface area contributed by atoms with Gasteiger partial charge < -0.3 is 15.4 Å². The molecule has 1 heterocycles. The van der Waals surface area contributed by atoms with E-state index in [0.29, 0.717) is 19.5 Å². The second-order valence-electron chi connectivity index (χ2n) is 6.58. The van der Waals surface area contributed by atoms with Crippen LogP contribution >= 0.6 is 0 Å². The Morgan fingerprint density at radius 1 is 1.25 bits per heavy atom. The van der Waals surface area contributed by atoms with Crippen LogP contribution in [-0.2, 0) is 19.1 Å². The van der Waals surface area contributed by atoms with Crippen LogP contribution in [0.2, 0.25) is 0 Å². The Kier molecular flexibility index (Phi) is 4.78. The fourth-order valence-electron chi connectivity index (χ4n) is 2.13. The van der Waals surface area contributed by atoms with Crippen LogP contribution in [0.3, 0.4) is 0 Å². The number of likely N-dealkylation sites (tertiary alicyclic amines) is 1. The number of nitrogens with zero attached hydrogens (tertiary/aromatic N) is 1. The Morgan fingerprint density at radius 3 is 2.30 bits per heavy atom. The molecule has 0 aromatic heterocycles. The minimum Gasteiger partial charge on any atom is -0.460 e. The second kappa shape index (κ2) is 5.81. The second-order valence-corrected chi connectivity index (χ2v) is 6.58. The summed E-state index contributed by atoms with van der Waals surface area (Å²) in [7, 11) is 0. The summed E-state index contributed by atoms with van der Waals surface area (Å²) in [5.74, 6) is -0.913. The third-order valence-electron chi connectivity index (χ3n) is 3.38. The lowest BCUT2D eigenvalue weighted by molar-refractivity contribution is -0.156. The summed E-state index contributed by atoms with van der Waals surface area (Å²) in [6.45, 7) is 7.95. The van der Waals surface area contributed by atoms with E-state index in [2.05, 4.69) is 0 Å². The van der Waals surface area contributed by atoms with Crippen LogP contribution in [0.25, 0.3) is 0 Å². The zero-order valence-electron chi connectivity index (χ0n) is 12.7. The van der Waals surface area contributed by atoms with Gasteiger partial charge in [-0.05, 0) is 34.1 Å². The zero-order chi connectivity index (χ0) is 15.6. The van der Waals surface area contributed by atoms with Gasteiger partial charge in [0.25, 0.3) is 0 Å². The average Bonchev–Trinajstić information content (AvgIpc) is 2.68. The van der Waals surface area contributed by atoms with Gasteiger partial charge in [0, 0.05) is 19.5 Å². The van der Waals surface area contributed by atoms with Crippen molar-refractivity contribution in [1.82, 2.24) is 4.90 Å². The molecule has 1 fully saturated rings. The summed E-state index contributed by atoms with van der Waals surface area (Å²) < 4.78 is 5.15. The normalized spacial score (nSPS) is 22.7. The summed E-state index contributed by atoms with van der Waals surface area (Å²) in [4.78, 5) is 36.5. The SMILES string of the molecule is CC(C)(C)OC(=O)CCC(=O)N1CCC(C)(C(N)=O)C1. The van der Waals surface area contributed by atoms with E-state index in [1.807, 2.05) is 0 Å². The fraction of sp³-hybridized carbons (Fsp3) is 0.786. The molecule has 0 aliphatic carbocycles. The van der Waals surface area contributed by atoms with E-state index in [4.69, 9.17) is 10.5 Å². The Bertz CT molecular complexity index is 414. The topological polar surface area (TPSA) is 89.7 Å². The maximum atomic E-state index is 12.0. The Hall–Kier alpha value is -1.59. The standard InChI is InChI=1S/C14H24N2O4/c1-13(2,3)20-11(18)6-5-10(17)16-8-7-14(4,9-16)12(15)19/h5-9H2,1-4H3,(H2,15,19). The van der Waals surface area contributed by atoms with E-state index in [1.54, 1.807) is 32.6 Å². The van der Waals surface area contributed by atoms with E-state index < -0.39 is 11.0 Å². The number of primary amides is 1. The molecule has 20 heavy (non-hydrogen) atoms. The van der Waals surface area contributed by atoms with Gasteiger partial charge in [-0.15, -0.1) is 0 Å². The number of carbonyl (C=O) groups is 3. The molecular weight excluding hydrogens is 260 g/mol. The van der Waals surface area contributed by atoms with E-state index in [-0.39, 0.29) is 30.6 Å². The number of carbonyl (C=O) groups excluding carboxylic acids is 3. The molecule has 0 radical (unpaired) electrons. The smallest absolute Gasteiger partial charge is 0.306 e. The first-order valence-corrected chi connectivity index (χ1v) is 6.83. The van der Waals surface area contributed by atoms with Gasteiger partial charge in [-0.1, -0.05) is 0 Å². The van der Waals surface area contributed by atoms with Crippen molar-refractivity contribution >= 4 is 17.8 Å². The largest absolute Gasteiger partial charge is 0.460 e. The lowest BCUT2D eigenvalue weighted by atomic mass is 9.89. The minimum atomic E-state index is -0.651. The van der Waals surface area contributed by atoms with Crippen LogP contribution in [0.4, 0.5) is 0 Å². The van der Waals surface area contributed by atoms with Gasteiger partial charge in [0.2, 0.25) is 11.8 Å². The quantitative estimate of drug-likeness (QED) is 0.774. The van der Waals surface area contributed by atoms with Crippen molar-refractivity contribution in [1.29, 1.82) is 0 Å². The molecule has 0 bridgehead atoms. The molecule has 1 aliphatic rings. The third-order valence-corrected chi connectivity index (χ3v) is 3.38. The maximum Gasteiger partial charge on any atom is 0.306 e. The monoisotopic (exact) mass is 284 g/mol. The molecular formula is C14H24N2O4. The van der Waals surface area contributed by atoms with Crippen LogP contribution in [0.1, 0.15) is 47.0 Å². The molecule has 1 saturated heterocycles. The van der Waals surface area contributed by atoms with Crippen LogP contribution < -0.4 is 5.73 Å². The summed E-state index contributed by atoms with van der Waals surface area (Å²) in [6, 6.07) is 0. The third kappa shape index (κ3) is 4.51. The molecule has 1 aliphatic heterocycles. The highest BCUT2D eigenvalue weighted by Crippen LogP contribution is 2.29. The highest BCUT2D eigenvalue weighted by atomic mass is 16.6. The van der Waals surface area contributed by atoms with E-state index in [9.17, 15) is 14.4 Å². The molecule has 1 atom stereocenters. The number of amides is 2. The van der Waals surface area contributed by atoms with Gasteiger partial charge in [0.1, 0.15) is 5.60 Å². The summed E-state index contributed by atoms with van der Waals surface area (Å²) in [6.07, 6.45) is 0.726. The molecule has 2 amide bonds. The predicted octanol–water partition coefficient (Wildman–Crippen LogP) is 0.832. The van der Waals surface area contributed by atoms with E-state index >= 15 is 0 Å². The summed E-state index contributed by atoms with van der Waals surface area (Å²) in [5.41, 5.74) is 4.14. The first-order valence-electron chi connectivity index (χ1n) is 6.83. The van der Waals surface area contributed by atoms with Crippen molar-refractivity contribution in [3.63, 3.8) is 0 Å². The van der Waals surface area contributed by atoms with Crippen molar-refractivity contribution in [2.75, 3.05) is 13.1 Å². The molecule has 1 rings (SSSR count). The van der Waals surface area contributed by atoms with E-state index in [1.165, 1.54) is 0 Å². The van der Waals surface area contributed by atoms with Crippen molar-refractivity contribution in [3.05, 3.63) is 0 Å². The average molecular weight is 284 g/mol. The Balaban J connectivity index is 2.42. The molecule has 2 N–H and O–H groups in total. The Labute approximate surface area is 119 Å². The highest BCUT2D eigenvalue weighted by molar-refractivity contribution is 5.85. The Morgan fingerprint density at radius 2 is 1.85 bits per heavy atom. The lowest BCUT2D eigenvalue weighted by Gasteiger charge is -2.22. The van der Waals surface area contributed by atoms with Gasteiger partial charge in [-0.3, -0.25) is 14.4 Å². The first-order chi connectivity index (χ1) is 9.03. The molecule has 1 unspecified atom stereocenters. The number of nitrogens with two attached hydrogens (primary N) is 1. The van der Waals surface area contributed by atoms with Crippen LogP contribution in [0.5, 0.6) is 0 Å². The van der Waals surface area contributed by atoms with Crippen LogP contribution in [-0.4, -0.2) is 41.4 Å². The van der Waals surface area contributed by atoms with Gasteiger partial charge >= 0.3 is 5.97 Å². The zero-order valence-corrected chi connectivity index (χ0v) is 12.7. The van der Waals surface area contributed by atoms with Crippen molar-refractivity contribution in [3.8, 4) is 0 Å². The van der Waals surface area contributed by atoms with Crippen molar-refractivity contribution in [2.24, 2.45) is 11.1 Å². The fourth-order valence-corrected chi connectivity index (χ4v) is 2.13. The molecule has 0 spiro atoms. The van der Waals surface area contributed by atoms with Crippen molar-refractivity contribution < 1.29 is 19.1 Å². The van der Waals surface area contributed by atoms with E-state index in [0.717, 1.165) is 0 Å². The molecule has 6 heteroatoms. The number of hydrogen-bond acceptors (Lipinski definition) is 4. The highest BCUT2D eigenvalue weighted by Gasteiger charge is 2.40. The van der Waals surface area contributed by atoms with Crippen molar-refractivity contribution in [2.45, 2.75) is 52.6 Å². The minimum absolute atomic E-state index is 0.0554. The molecule has 0 aromatic carbocycles. The number of ether oxygens (including phenoxy) is 1. The number of esters is 1. The van der Waals surface area contributed by atoms with Crippen LogP contribution in [0, 0.1) is 5.41 Å². The summed E-state index contributed by atoms with van der Waals surface area (Å²) >= 11 is 0. The van der Waals surface area contributed by atoms with Crippen LogP contribution in [0.15, 0.2) is 0 Å².